The predicted octanol–water partition coefficient (Wildman–Crippen LogP) is 7.15. The molecule has 1 aromatic heterocycles. The number of hydrogen-bond acceptors (Lipinski definition) is 4. The van der Waals surface area contributed by atoms with Crippen LogP contribution < -0.4 is 5.32 Å². The molecule has 1 fully saturated rings. The number of furan rings is 1. The highest BCUT2D eigenvalue weighted by Crippen LogP contribution is 2.39. The molecule has 4 heteroatoms. The van der Waals surface area contributed by atoms with Crippen molar-refractivity contribution in [1.82, 2.24) is 0 Å². The second kappa shape index (κ2) is 9.92. The Hall–Kier alpha value is -3.92. The number of anilines is 1. The van der Waals surface area contributed by atoms with Crippen LogP contribution in [0.25, 0.3) is 11.3 Å². The molecule has 3 aromatic carbocycles. The smallest absolute Gasteiger partial charge is 0.205 e. The Labute approximate surface area is 199 Å². The van der Waals surface area contributed by atoms with Gasteiger partial charge in [-0.25, -0.2) is 0 Å². The van der Waals surface area contributed by atoms with E-state index in [9.17, 15) is 9.59 Å². The Kier molecular flexibility index (Phi) is 6.39. The van der Waals surface area contributed by atoms with E-state index in [1.54, 1.807) is 24.3 Å². The highest BCUT2D eigenvalue weighted by Gasteiger charge is 2.33. The third-order valence-electron chi connectivity index (χ3n) is 6.41. The SMILES string of the molecule is O=C(c1ccccc1)c1c(NC2CCCCC2)oc(-c2ccccc2)c1C(=O)c1ccccc1. The summed E-state index contributed by atoms with van der Waals surface area (Å²) in [6, 6.07) is 27.9. The minimum Gasteiger partial charge on any atom is -0.439 e. The van der Waals surface area contributed by atoms with Crippen LogP contribution in [0.4, 0.5) is 5.88 Å². The Bertz CT molecular complexity index is 1270. The first-order chi connectivity index (χ1) is 16.7. The van der Waals surface area contributed by atoms with Crippen LogP contribution in [-0.2, 0) is 0 Å². The summed E-state index contributed by atoms with van der Waals surface area (Å²) in [5.74, 6) is 0.370. The summed E-state index contributed by atoms with van der Waals surface area (Å²) in [7, 11) is 0. The zero-order chi connectivity index (χ0) is 23.3. The van der Waals surface area contributed by atoms with Crippen molar-refractivity contribution in [3.63, 3.8) is 0 Å². The van der Waals surface area contributed by atoms with Crippen LogP contribution in [0.3, 0.4) is 0 Å². The van der Waals surface area contributed by atoms with Gasteiger partial charge in [0, 0.05) is 22.7 Å². The summed E-state index contributed by atoms with van der Waals surface area (Å²) < 4.78 is 6.37. The summed E-state index contributed by atoms with van der Waals surface area (Å²) >= 11 is 0. The molecule has 0 atom stereocenters. The van der Waals surface area contributed by atoms with Gasteiger partial charge in [-0.1, -0.05) is 110 Å². The molecule has 0 spiro atoms. The summed E-state index contributed by atoms with van der Waals surface area (Å²) in [6.07, 6.45) is 5.53. The van der Waals surface area contributed by atoms with Crippen LogP contribution in [-0.4, -0.2) is 17.6 Å². The van der Waals surface area contributed by atoms with Gasteiger partial charge in [-0.2, -0.15) is 0 Å². The lowest BCUT2D eigenvalue weighted by Gasteiger charge is -2.23. The van der Waals surface area contributed by atoms with E-state index in [-0.39, 0.29) is 17.6 Å². The fraction of sp³-hybridized carbons (Fsp3) is 0.200. The number of nitrogens with one attached hydrogen (secondary N) is 1. The molecule has 0 saturated heterocycles. The van der Waals surface area contributed by atoms with Crippen molar-refractivity contribution >= 4 is 17.5 Å². The van der Waals surface area contributed by atoms with E-state index >= 15 is 0 Å². The maximum atomic E-state index is 13.9. The Balaban J connectivity index is 1.71. The molecule has 1 aliphatic carbocycles. The van der Waals surface area contributed by atoms with Crippen LogP contribution in [0.5, 0.6) is 0 Å². The van der Waals surface area contributed by atoms with Gasteiger partial charge < -0.3 is 9.73 Å². The standard InChI is InChI=1S/C30H27NO3/c32-27(21-13-5-1-6-14-21)25-26(28(33)22-15-7-2-8-16-22)30(31-24-19-11-4-12-20-24)34-29(25)23-17-9-3-10-18-23/h1-3,5-10,13-18,24,31H,4,11-12,19-20H2. The van der Waals surface area contributed by atoms with Crippen molar-refractivity contribution in [3.8, 4) is 11.3 Å². The van der Waals surface area contributed by atoms with Crippen LogP contribution >= 0.6 is 0 Å². The fourth-order valence-corrected chi connectivity index (χ4v) is 4.66. The summed E-state index contributed by atoms with van der Waals surface area (Å²) in [5.41, 5.74) is 2.43. The third kappa shape index (κ3) is 4.44. The van der Waals surface area contributed by atoms with E-state index in [1.165, 1.54) is 6.42 Å². The maximum absolute atomic E-state index is 13.9. The highest BCUT2D eigenvalue weighted by molar-refractivity contribution is 6.24. The van der Waals surface area contributed by atoms with Gasteiger partial charge in [0.1, 0.15) is 5.76 Å². The molecule has 0 amide bonds. The second-order valence-electron chi connectivity index (χ2n) is 8.75. The normalized spacial score (nSPS) is 14.0. The van der Waals surface area contributed by atoms with Crippen LogP contribution in [0.15, 0.2) is 95.4 Å². The fourth-order valence-electron chi connectivity index (χ4n) is 4.66. The third-order valence-corrected chi connectivity index (χ3v) is 6.41. The quantitative estimate of drug-likeness (QED) is 0.304. The van der Waals surface area contributed by atoms with Crippen LogP contribution in [0.1, 0.15) is 63.9 Å². The summed E-state index contributed by atoms with van der Waals surface area (Å²) in [6.45, 7) is 0. The van der Waals surface area contributed by atoms with Crippen molar-refractivity contribution in [1.29, 1.82) is 0 Å². The molecule has 1 aliphatic rings. The topological polar surface area (TPSA) is 59.3 Å². The lowest BCUT2D eigenvalue weighted by atomic mass is 9.92. The number of hydrogen-bond donors (Lipinski definition) is 1. The van der Waals surface area contributed by atoms with Gasteiger partial charge in [0.15, 0.2) is 11.6 Å². The first-order valence-electron chi connectivity index (χ1n) is 11.9. The number of ketones is 2. The first-order valence-corrected chi connectivity index (χ1v) is 11.9. The molecule has 1 saturated carbocycles. The number of carbonyl (C=O) groups excluding carboxylic acids is 2. The Morgan fingerprint density at radius 3 is 1.71 bits per heavy atom. The number of rotatable bonds is 7. The lowest BCUT2D eigenvalue weighted by Crippen LogP contribution is -2.23. The highest BCUT2D eigenvalue weighted by atomic mass is 16.4. The van der Waals surface area contributed by atoms with Gasteiger partial charge in [-0.05, 0) is 12.8 Å². The molecule has 4 nitrogen and oxygen atoms in total. The Morgan fingerprint density at radius 1 is 0.647 bits per heavy atom. The van der Waals surface area contributed by atoms with Crippen molar-refractivity contribution in [2.24, 2.45) is 0 Å². The monoisotopic (exact) mass is 449 g/mol. The summed E-state index contributed by atoms with van der Waals surface area (Å²) in [4.78, 5) is 27.7. The van der Waals surface area contributed by atoms with E-state index < -0.39 is 0 Å². The lowest BCUT2D eigenvalue weighted by molar-refractivity contribution is 0.100. The minimum absolute atomic E-state index is 0.213. The molecule has 0 unspecified atom stereocenters. The van der Waals surface area contributed by atoms with Gasteiger partial charge in [0.25, 0.3) is 0 Å². The van der Waals surface area contributed by atoms with Crippen molar-refractivity contribution in [2.75, 3.05) is 5.32 Å². The zero-order valence-corrected chi connectivity index (χ0v) is 19.0. The zero-order valence-electron chi connectivity index (χ0n) is 19.0. The van der Waals surface area contributed by atoms with Gasteiger partial charge in [-0.15, -0.1) is 0 Å². The molecule has 0 radical (unpaired) electrons. The van der Waals surface area contributed by atoms with E-state index in [2.05, 4.69) is 5.32 Å². The largest absolute Gasteiger partial charge is 0.439 e. The first kappa shape index (κ1) is 21.9. The van der Waals surface area contributed by atoms with Crippen molar-refractivity contribution in [3.05, 3.63) is 113 Å². The van der Waals surface area contributed by atoms with Crippen molar-refractivity contribution in [2.45, 2.75) is 38.1 Å². The molecule has 1 N–H and O–H groups in total. The number of carbonyl (C=O) groups is 2. The molecule has 1 heterocycles. The van der Waals surface area contributed by atoms with Crippen LogP contribution in [0.2, 0.25) is 0 Å². The average Bonchev–Trinajstić information content (AvgIpc) is 3.28. The molecule has 0 bridgehead atoms. The van der Waals surface area contributed by atoms with Crippen molar-refractivity contribution < 1.29 is 14.0 Å². The predicted molar refractivity (Wildman–Crippen MR) is 134 cm³/mol. The molecule has 34 heavy (non-hydrogen) atoms. The molecular formula is C30H27NO3. The van der Waals surface area contributed by atoms with E-state index in [0.717, 1.165) is 31.2 Å². The van der Waals surface area contributed by atoms with E-state index in [0.29, 0.717) is 33.9 Å². The summed E-state index contributed by atoms with van der Waals surface area (Å²) in [5, 5.41) is 3.50. The molecule has 0 aliphatic heterocycles. The molecule has 5 rings (SSSR count). The minimum atomic E-state index is -0.223. The van der Waals surface area contributed by atoms with E-state index in [4.69, 9.17) is 4.42 Å². The van der Waals surface area contributed by atoms with Crippen LogP contribution in [0, 0.1) is 0 Å². The Morgan fingerprint density at radius 2 is 1.15 bits per heavy atom. The molecule has 4 aromatic rings. The number of benzene rings is 3. The molecular weight excluding hydrogens is 422 g/mol. The average molecular weight is 450 g/mol. The maximum Gasteiger partial charge on any atom is 0.205 e. The second-order valence-corrected chi connectivity index (χ2v) is 8.75. The van der Waals surface area contributed by atoms with Gasteiger partial charge in [0.05, 0.1) is 11.1 Å². The van der Waals surface area contributed by atoms with Gasteiger partial charge in [-0.3, -0.25) is 9.59 Å². The van der Waals surface area contributed by atoms with Gasteiger partial charge in [0.2, 0.25) is 5.88 Å². The van der Waals surface area contributed by atoms with E-state index in [1.807, 2.05) is 66.7 Å². The van der Waals surface area contributed by atoms with Gasteiger partial charge >= 0.3 is 0 Å². The molecule has 170 valence electrons.